The second kappa shape index (κ2) is 5.87. The minimum absolute atomic E-state index is 0.0106. The predicted octanol–water partition coefficient (Wildman–Crippen LogP) is 1.77. The molecule has 1 saturated carbocycles. The van der Waals surface area contributed by atoms with Crippen molar-refractivity contribution in [1.29, 1.82) is 0 Å². The van der Waals surface area contributed by atoms with Crippen molar-refractivity contribution in [1.82, 2.24) is 10.2 Å². The summed E-state index contributed by atoms with van der Waals surface area (Å²) >= 11 is 0. The quantitative estimate of drug-likeness (QED) is 0.834. The third-order valence-corrected chi connectivity index (χ3v) is 3.31. The molecule has 1 fully saturated rings. The highest BCUT2D eigenvalue weighted by atomic mass is 16.3. The highest BCUT2D eigenvalue weighted by Crippen LogP contribution is 2.40. The number of aliphatic hydroxyl groups is 1. The second-order valence-electron chi connectivity index (χ2n) is 4.82. The lowest BCUT2D eigenvalue weighted by Crippen LogP contribution is -2.41. The monoisotopic (exact) mass is 248 g/mol. The summed E-state index contributed by atoms with van der Waals surface area (Å²) in [6.45, 7) is 0.349. The number of aliphatic hydroxyl groups excluding tert-OH is 1. The Bertz CT molecular complexity index is 390. The minimum atomic E-state index is -0.121. The smallest absolute Gasteiger partial charge is 0.317 e. The van der Waals surface area contributed by atoms with E-state index in [-0.39, 0.29) is 18.7 Å². The van der Waals surface area contributed by atoms with Crippen molar-refractivity contribution in [3.8, 4) is 0 Å². The standard InChI is InChI=1S/C14H20N2O2/c1-16(9-10-17)14(18)15-13(12-7-8-12)11-5-3-2-4-6-11/h2-6,12-13,17H,7-10H2,1H3,(H,15,18). The largest absolute Gasteiger partial charge is 0.395 e. The van der Waals surface area contributed by atoms with Crippen molar-refractivity contribution in [2.24, 2.45) is 5.92 Å². The molecule has 0 aromatic heterocycles. The minimum Gasteiger partial charge on any atom is -0.395 e. The van der Waals surface area contributed by atoms with Gasteiger partial charge in [0, 0.05) is 13.6 Å². The molecule has 0 aliphatic heterocycles. The van der Waals surface area contributed by atoms with Gasteiger partial charge in [-0.05, 0) is 24.3 Å². The van der Waals surface area contributed by atoms with Gasteiger partial charge in [0.2, 0.25) is 0 Å². The van der Waals surface area contributed by atoms with E-state index < -0.39 is 0 Å². The van der Waals surface area contributed by atoms with Crippen LogP contribution in [0.5, 0.6) is 0 Å². The molecule has 2 rings (SSSR count). The molecule has 0 spiro atoms. The van der Waals surface area contributed by atoms with Gasteiger partial charge in [0.05, 0.1) is 12.6 Å². The van der Waals surface area contributed by atoms with E-state index in [1.54, 1.807) is 7.05 Å². The van der Waals surface area contributed by atoms with Crippen LogP contribution in [0, 0.1) is 5.92 Å². The Morgan fingerprint density at radius 1 is 1.44 bits per heavy atom. The molecule has 1 aliphatic carbocycles. The lowest BCUT2D eigenvalue weighted by molar-refractivity contribution is 0.186. The van der Waals surface area contributed by atoms with Gasteiger partial charge in [-0.25, -0.2) is 4.79 Å². The summed E-state index contributed by atoms with van der Waals surface area (Å²) in [4.78, 5) is 13.5. The SMILES string of the molecule is CN(CCO)C(=O)NC(c1ccccc1)C1CC1. The van der Waals surface area contributed by atoms with Gasteiger partial charge in [-0.1, -0.05) is 30.3 Å². The number of nitrogens with one attached hydrogen (secondary N) is 1. The molecular weight excluding hydrogens is 228 g/mol. The number of rotatable bonds is 5. The molecule has 2 amide bonds. The number of carbonyl (C=O) groups excluding carboxylic acids is 1. The van der Waals surface area contributed by atoms with Crippen LogP contribution in [0.2, 0.25) is 0 Å². The number of carbonyl (C=O) groups is 1. The molecule has 1 atom stereocenters. The van der Waals surface area contributed by atoms with Gasteiger partial charge in [-0.15, -0.1) is 0 Å². The summed E-state index contributed by atoms with van der Waals surface area (Å²) in [7, 11) is 1.69. The third kappa shape index (κ3) is 3.23. The summed E-state index contributed by atoms with van der Waals surface area (Å²) in [5, 5.41) is 11.9. The first-order valence-corrected chi connectivity index (χ1v) is 6.40. The normalized spacial score (nSPS) is 16.1. The Morgan fingerprint density at radius 3 is 2.67 bits per heavy atom. The first kappa shape index (κ1) is 12.9. The van der Waals surface area contributed by atoms with Crippen molar-refractivity contribution in [3.05, 3.63) is 35.9 Å². The van der Waals surface area contributed by atoms with Gasteiger partial charge in [0.15, 0.2) is 0 Å². The molecule has 4 nitrogen and oxygen atoms in total. The Labute approximate surface area is 108 Å². The number of nitrogens with zero attached hydrogens (tertiary/aromatic N) is 1. The van der Waals surface area contributed by atoms with E-state index in [0.717, 1.165) is 5.56 Å². The molecule has 18 heavy (non-hydrogen) atoms. The fourth-order valence-electron chi connectivity index (χ4n) is 2.06. The van der Waals surface area contributed by atoms with Crippen molar-refractivity contribution in [2.75, 3.05) is 20.2 Å². The summed E-state index contributed by atoms with van der Waals surface area (Å²) in [5.41, 5.74) is 1.16. The summed E-state index contributed by atoms with van der Waals surface area (Å²) in [6, 6.07) is 10.0. The van der Waals surface area contributed by atoms with E-state index in [9.17, 15) is 4.79 Å². The second-order valence-corrected chi connectivity index (χ2v) is 4.82. The number of hydrogen-bond acceptors (Lipinski definition) is 2. The van der Waals surface area contributed by atoms with Crippen molar-refractivity contribution in [3.63, 3.8) is 0 Å². The van der Waals surface area contributed by atoms with Crippen molar-refractivity contribution >= 4 is 6.03 Å². The highest BCUT2D eigenvalue weighted by molar-refractivity contribution is 5.74. The lowest BCUT2D eigenvalue weighted by Gasteiger charge is -2.23. The molecule has 0 heterocycles. The molecule has 0 bridgehead atoms. The Kier molecular flexibility index (Phi) is 4.20. The zero-order valence-corrected chi connectivity index (χ0v) is 10.7. The van der Waals surface area contributed by atoms with Crippen LogP contribution in [-0.4, -0.2) is 36.2 Å². The molecule has 4 heteroatoms. The molecule has 1 unspecified atom stereocenters. The molecule has 1 aromatic rings. The van der Waals surface area contributed by atoms with Gasteiger partial charge >= 0.3 is 6.03 Å². The maximum atomic E-state index is 12.0. The van der Waals surface area contributed by atoms with E-state index >= 15 is 0 Å². The molecule has 0 saturated heterocycles. The van der Waals surface area contributed by atoms with Gasteiger partial charge in [0.25, 0.3) is 0 Å². The molecular formula is C14H20N2O2. The number of amides is 2. The van der Waals surface area contributed by atoms with Crippen LogP contribution >= 0.6 is 0 Å². The van der Waals surface area contributed by atoms with E-state index in [4.69, 9.17) is 5.11 Å². The first-order valence-electron chi connectivity index (χ1n) is 6.40. The van der Waals surface area contributed by atoms with Crippen LogP contribution in [-0.2, 0) is 0 Å². The van der Waals surface area contributed by atoms with E-state index in [0.29, 0.717) is 12.5 Å². The van der Waals surface area contributed by atoms with Crippen LogP contribution in [0.15, 0.2) is 30.3 Å². The highest BCUT2D eigenvalue weighted by Gasteiger charge is 2.33. The Morgan fingerprint density at radius 2 is 2.11 bits per heavy atom. The summed E-state index contributed by atoms with van der Waals surface area (Å²) in [6.07, 6.45) is 2.34. The van der Waals surface area contributed by atoms with Crippen molar-refractivity contribution < 1.29 is 9.90 Å². The predicted molar refractivity (Wildman–Crippen MR) is 70.2 cm³/mol. The molecule has 1 aliphatic rings. The van der Waals surface area contributed by atoms with Gasteiger partial charge in [-0.2, -0.15) is 0 Å². The average molecular weight is 248 g/mol. The van der Waals surface area contributed by atoms with Crippen LogP contribution in [0.3, 0.4) is 0 Å². The van der Waals surface area contributed by atoms with Gasteiger partial charge < -0.3 is 15.3 Å². The Balaban J connectivity index is 2.01. The van der Waals surface area contributed by atoms with Gasteiger partial charge in [-0.3, -0.25) is 0 Å². The zero-order chi connectivity index (χ0) is 13.0. The number of likely N-dealkylation sites (N-methyl/N-ethyl adjacent to an activating group) is 1. The molecule has 98 valence electrons. The fraction of sp³-hybridized carbons (Fsp3) is 0.500. The molecule has 1 aromatic carbocycles. The van der Waals surface area contributed by atoms with E-state index in [1.807, 2.05) is 18.2 Å². The Hall–Kier alpha value is -1.55. The number of hydrogen-bond donors (Lipinski definition) is 2. The number of urea groups is 1. The number of benzene rings is 1. The first-order chi connectivity index (χ1) is 8.72. The molecule has 0 radical (unpaired) electrons. The summed E-state index contributed by atoms with van der Waals surface area (Å²) < 4.78 is 0. The van der Waals surface area contributed by atoms with Crippen molar-refractivity contribution in [2.45, 2.75) is 18.9 Å². The average Bonchev–Trinajstić information content (AvgIpc) is 3.21. The molecule has 2 N–H and O–H groups in total. The van der Waals surface area contributed by atoms with Crippen LogP contribution in [0.4, 0.5) is 4.79 Å². The van der Waals surface area contributed by atoms with Crippen LogP contribution in [0.25, 0.3) is 0 Å². The van der Waals surface area contributed by atoms with Gasteiger partial charge in [0.1, 0.15) is 0 Å². The fourth-order valence-corrected chi connectivity index (χ4v) is 2.06. The van der Waals surface area contributed by atoms with E-state index in [1.165, 1.54) is 17.7 Å². The third-order valence-electron chi connectivity index (χ3n) is 3.31. The topological polar surface area (TPSA) is 52.6 Å². The van der Waals surface area contributed by atoms with E-state index in [2.05, 4.69) is 17.4 Å². The summed E-state index contributed by atoms with van der Waals surface area (Å²) in [5.74, 6) is 0.555. The van der Waals surface area contributed by atoms with Crippen LogP contribution < -0.4 is 5.32 Å². The lowest BCUT2D eigenvalue weighted by atomic mass is 10.0. The maximum absolute atomic E-state index is 12.0. The maximum Gasteiger partial charge on any atom is 0.317 e. The van der Waals surface area contributed by atoms with Crippen LogP contribution in [0.1, 0.15) is 24.4 Å². The zero-order valence-electron chi connectivity index (χ0n) is 10.7.